The van der Waals surface area contributed by atoms with Crippen molar-refractivity contribution < 1.29 is 4.52 Å². The van der Waals surface area contributed by atoms with Gasteiger partial charge < -0.3 is 15.6 Å². The first-order valence-electron chi connectivity index (χ1n) is 4.51. The van der Waals surface area contributed by atoms with Crippen molar-refractivity contribution in [2.24, 2.45) is 5.73 Å². The lowest BCUT2D eigenvalue weighted by Crippen LogP contribution is -2.12. The second-order valence-electron chi connectivity index (χ2n) is 2.98. The second-order valence-corrected chi connectivity index (χ2v) is 3.42. The monoisotopic (exact) mass is 235 g/mol. The van der Waals surface area contributed by atoms with E-state index in [9.17, 15) is 0 Å². The molecule has 0 aliphatic carbocycles. The van der Waals surface area contributed by atoms with Gasteiger partial charge in [-0.3, -0.25) is 0 Å². The van der Waals surface area contributed by atoms with Crippen LogP contribution in [0.3, 0.4) is 0 Å². The lowest BCUT2D eigenvalue weighted by atomic mass is 10.4. The topological polar surface area (TPSA) is 89.9 Å². The Kier molecular flexibility index (Phi) is 3.06. The standard InChI is InChI=1S/C9H9N5OS/c10-9(16)7-4-13-8(5-11-7)12-3-6-1-2-14-15-6/h1-2,4-5H,3H2,(H2,10,16)(H,12,13). The third kappa shape index (κ3) is 2.51. The van der Waals surface area contributed by atoms with Gasteiger partial charge in [0, 0.05) is 6.07 Å². The molecule has 2 aromatic rings. The molecule has 0 fully saturated rings. The number of aromatic nitrogens is 3. The number of nitrogens with two attached hydrogens (primary N) is 1. The smallest absolute Gasteiger partial charge is 0.155 e. The molecule has 0 radical (unpaired) electrons. The van der Waals surface area contributed by atoms with Crippen LogP contribution in [-0.4, -0.2) is 20.1 Å². The lowest BCUT2D eigenvalue weighted by molar-refractivity contribution is 0.388. The summed E-state index contributed by atoms with van der Waals surface area (Å²) in [7, 11) is 0. The summed E-state index contributed by atoms with van der Waals surface area (Å²) in [6.45, 7) is 0.501. The van der Waals surface area contributed by atoms with Crippen LogP contribution in [0.5, 0.6) is 0 Å². The van der Waals surface area contributed by atoms with E-state index in [1.807, 2.05) is 0 Å². The van der Waals surface area contributed by atoms with Crippen LogP contribution < -0.4 is 11.1 Å². The Morgan fingerprint density at radius 3 is 2.88 bits per heavy atom. The fraction of sp³-hybridized carbons (Fsp3) is 0.111. The first-order chi connectivity index (χ1) is 7.75. The normalized spacial score (nSPS) is 10.0. The highest BCUT2D eigenvalue weighted by atomic mass is 32.1. The largest absolute Gasteiger partial charge is 0.388 e. The van der Waals surface area contributed by atoms with Gasteiger partial charge in [-0.2, -0.15) is 0 Å². The maximum absolute atomic E-state index is 5.40. The predicted octanol–water partition coefficient (Wildman–Crippen LogP) is 0.711. The Hall–Kier alpha value is -2.02. The van der Waals surface area contributed by atoms with Crippen molar-refractivity contribution in [3.05, 3.63) is 36.1 Å². The third-order valence-electron chi connectivity index (χ3n) is 1.84. The summed E-state index contributed by atoms with van der Waals surface area (Å²) in [5, 5.41) is 6.61. The summed E-state index contributed by atoms with van der Waals surface area (Å²) >= 11 is 4.77. The Balaban J connectivity index is 1.98. The number of thiocarbonyl (C=S) groups is 1. The average Bonchev–Trinajstić information content (AvgIpc) is 2.80. The van der Waals surface area contributed by atoms with Crippen LogP contribution in [0.2, 0.25) is 0 Å². The molecule has 0 bridgehead atoms. The molecule has 0 saturated carbocycles. The molecule has 0 unspecified atom stereocenters. The second kappa shape index (κ2) is 4.67. The summed E-state index contributed by atoms with van der Waals surface area (Å²) in [4.78, 5) is 8.37. The summed E-state index contributed by atoms with van der Waals surface area (Å²) in [6.07, 6.45) is 4.66. The van der Waals surface area contributed by atoms with E-state index >= 15 is 0 Å². The number of nitrogens with zero attached hydrogens (tertiary/aromatic N) is 3. The fourth-order valence-corrected chi connectivity index (χ4v) is 1.16. The van der Waals surface area contributed by atoms with Gasteiger partial charge in [0.15, 0.2) is 5.76 Å². The van der Waals surface area contributed by atoms with E-state index in [4.69, 9.17) is 22.5 Å². The molecule has 0 amide bonds. The van der Waals surface area contributed by atoms with Crippen molar-refractivity contribution in [2.45, 2.75) is 6.54 Å². The molecule has 0 aliphatic rings. The lowest BCUT2D eigenvalue weighted by Gasteiger charge is -2.02. The van der Waals surface area contributed by atoms with Crippen LogP contribution in [0.15, 0.2) is 29.2 Å². The molecule has 0 aliphatic heterocycles. The molecule has 7 heteroatoms. The van der Waals surface area contributed by atoms with E-state index in [2.05, 4.69) is 20.4 Å². The highest BCUT2D eigenvalue weighted by Crippen LogP contribution is 2.04. The number of hydrogen-bond donors (Lipinski definition) is 2. The minimum absolute atomic E-state index is 0.231. The number of hydrogen-bond acceptors (Lipinski definition) is 6. The molecule has 0 spiro atoms. The van der Waals surface area contributed by atoms with E-state index in [1.165, 1.54) is 6.20 Å². The Morgan fingerprint density at radius 2 is 2.31 bits per heavy atom. The molecule has 3 N–H and O–H groups in total. The summed E-state index contributed by atoms with van der Waals surface area (Å²) in [5.41, 5.74) is 5.90. The van der Waals surface area contributed by atoms with Crippen LogP contribution in [-0.2, 0) is 6.54 Å². The minimum Gasteiger partial charge on any atom is -0.388 e. The summed E-state index contributed by atoms with van der Waals surface area (Å²) in [5.74, 6) is 1.34. The third-order valence-corrected chi connectivity index (χ3v) is 2.05. The van der Waals surface area contributed by atoms with Gasteiger partial charge in [0.1, 0.15) is 16.5 Å². The predicted molar refractivity (Wildman–Crippen MR) is 61.7 cm³/mol. The molecule has 0 atom stereocenters. The van der Waals surface area contributed by atoms with Crippen LogP contribution >= 0.6 is 12.2 Å². The van der Waals surface area contributed by atoms with Crippen LogP contribution in [0, 0.1) is 0 Å². The zero-order valence-electron chi connectivity index (χ0n) is 8.25. The van der Waals surface area contributed by atoms with Gasteiger partial charge in [-0.05, 0) is 0 Å². The molecule has 2 rings (SSSR count). The SMILES string of the molecule is NC(=S)c1cnc(NCc2ccno2)cn1. The maximum Gasteiger partial charge on any atom is 0.155 e. The van der Waals surface area contributed by atoms with Crippen molar-refractivity contribution in [3.63, 3.8) is 0 Å². The van der Waals surface area contributed by atoms with Gasteiger partial charge in [-0.1, -0.05) is 17.4 Å². The van der Waals surface area contributed by atoms with Crippen LogP contribution in [0.25, 0.3) is 0 Å². The highest BCUT2D eigenvalue weighted by Gasteiger charge is 2.01. The number of anilines is 1. The van der Waals surface area contributed by atoms with Crippen LogP contribution in [0.1, 0.15) is 11.5 Å². The van der Waals surface area contributed by atoms with Crippen molar-refractivity contribution in [1.82, 2.24) is 15.1 Å². The Bertz CT molecular complexity index is 467. The van der Waals surface area contributed by atoms with Gasteiger partial charge in [0.25, 0.3) is 0 Å². The quantitative estimate of drug-likeness (QED) is 0.754. The maximum atomic E-state index is 5.40. The number of rotatable bonds is 4. The van der Waals surface area contributed by atoms with E-state index in [1.54, 1.807) is 18.5 Å². The Morgan fingerprint density at radius 1 is 1.44 bits per heavy atom. The van der Waals surface area contributed by atoms with Gasteiger partial charge in [-0.15, -0.1) is 0 Å². The molecule has 16 heavy (non-hydrogen) atoms. The van der Waals surface area contributed by atoms with E-state index in [-0.39, 0.29) is 4.99 Å². The molecular weight excluding hydrogens is 226 g/mol. The molecular formula is C9H9N5OS. The van der Waals surface area contributed by atoms with Crippen molar-refractivity contribution >= 4 is 23.0 Å². The molecule has 0 aromatic carbocycles. The minimum atomic E-state index is 0.231. The van der Waals surface area contributed by atoms with Gasteiger partial charge in [-0.25, -0.2) is 9.97 Å². The zero-order valence-corrected chi connectivity index (χ0v) is 9.07. The van der Waals surface area contributed by atoms with Gasteiger partial charge >= 0.3 is 0 Å². The van der Waals surface area contributed by atoms with Gasteiger partial charge in [0.2, 0.25) is 0 Å². The summed E-state index contributed by atoms with van der Waals surface area (Å²) < 4.78 is 4.92. The first kappa shape index (κ1) is 10.5. The van der Waals surface area contributed by atoms with E-state index < -0.39 is 0 Å². The molecule has 2 heterocycles. The highest BCUT2D eigenvalue weighted by molar-refractivity contribution is 7.80. The van der Waals surface area contributed by atoms with Crippen molar-refractivity contribution in [3.8, 4) is 0 Å². The van der Waals surface area contributed by atoms with E-state index in [0.29, 0.717) is 18.1 Å². The van der Waals surface area contributed by atoms with Gasteiger partial charge in [0.05, 0.1) is 25.1 Å². The van der Waals surface area contributed by atoms with Crippen molar-refractivity contribution in [1.29, 1.82) is 0 Å². The number of nitrogens with one attached hydrogen (secondary N) is 1. The summed E-state index contributed by atoms with van der Waals surface area (Å²) in [6, 6.07) is 1.77. The van der Waals surface area contributed by atoms with E-state index in [0.717, 1.165) is 5.76 Å². The Labute approximate surface area is 96.9 Å². The molecule has 82 valence electrons. The van der Waals surface area contributed by atoms with Crippen LogP contribution in [0.4, 0.5) is 5.82 Å². The average molecular weight is 235 g/mol. The molecule has 0 saturated heterocycles. The first-order valence-corrected chi connectivity index (χ1v) is 4.92. The fourth-order valence-electron chi connectivity index (χ4n) is 1.06. The molecule has 6 nitrogen and oxygen atoms in total. The van der Waals surface area contributed by atoms with Crippen molar-refractivity contribution in [2.75, 3.05) is 5.32 Å². The molecule has 2 aromatic heterocycles. The zero-order chi connectivity index (χ0) is 11.4.